The first-order valence-electron chi connectivity index (χ1n) is 11.4. The van der Waals surface area contributed by atoms with Gasteiger partial charge in [-0.1, -0.05) is 27.2 Å². The van der Waals surface area contributed by atoms with Crippen LogP contribution in [0.2, 0.25) is 0 Å². The molecule has 0 aromatic carbocycles. The Bertz CT molecular complexity index is 696. The Morgan fingerprint density at radius 1 is 1.27 bits per heavy atom. The van der Waals surface area contributed by atoms with Crippen LogP contribution in [0.15, 0.2) is 0 Å². The van der Waals surface area contributed by atoms with Gasteiger partial charge in [0.1, 0.15) is 11.6 Å². The van der Waals surface area contributed by atoms with E-state index in [9.17, 15) is 19.5 Å². The first-order chi connectivity index (χ1) is 14.3. The van der Waals surface area contributed by atoms with E-state index in [2.05, 4.69) is 17.6 Å². The Kier molecular flexibility index (Phi) is 6.49. The van der Waals surface area contributed by atoms with Gasteiger partial charge in [0, 0.05) is 13.1 Å². The Balaban J connectivity index is 2.07. The van der Waals surface area contributed by atoms with Crippen molar-refractivity contribution in [3.8, 4) is 0 Å². The van der Waals surface area contributed by atoms with Crippen molar-refractivity contribution >= 4 is 17.7 Å². The third-order valence-corrected chi connectivity index (χ3v) is 7.58. The minimum atomic E-state index is -1.02. The van der Waals surface area contributed by atoms with Gasteiger partial charge in [-0.05, 0) is 39.0 Å². The number of likely N-dealkylation sites (tertiary alicyclic amines) is 1. The highest BCUT2D eigenvalue weighted by Gasteiger charge is 2.78. The fraction of sp³-hybridized carbons (Fsp3) is 0.864. The van der Waals surface area contributed by atoms with E-state index in [-0.39, 0.29) is 30.4 Å². The molecule has 3 saturated heterocycles. The fourth-order valence-corrected chi connectivity index (χ4v) is 6.14. The zero-order chi connectivity index (χ0) is 22.3. The van der Waals surface area contributed by atoms with Gasteiger partial charge in [-0.15, -0.1) is 0 Å². The van der Waals surface area contributed by atoms with Crippen LogP contribution in [0.3, 0.4) is 0 Å². The van der Waals surface area contributed by atoms with Gasteiger partial charge < -0.3 is 25.4 Å². The van der Waals surface area contributed by atoms with Crippen LogP contribution in [0.5, 0.6) is 0 Å². The molecule has 30 heavy (non-hydrogen) atoms. The third kappa shape index (κ3) is 3.14. The number of fused-ring (bicyclic) bond motifs is 1. The Hall–Kier alpha value is -1.67. The van der Waals surface area contributed by atoms with E-state index in [1.807, 2.05) is 20.8 Å². The minimum Gasteiger partial charge on any atom is -0.394 e. The molecule has 3 N–H and O–H groups in total. The molecule has 3 amide bonds. The number of hydrogen-bond donors (Lipinski definition) is 3. The summed E-state index contributed by atoms with van der Waals surface area (Å²) >= 11 is 0. The number of carbonyl (C=O) groups excluding carboxylic acids is 3. The second-order valence-corrected chi connectivity index (χ2v) is 9.14. The lowest BCUT2D eigenvalue weighted by Gasteiger charge is -2.37. The lowest BCUT2D eigenvalue weighted by Crippen LogP contribution is -2.59. The van der Waals surface area contributed by atoms with E-state index in [1.54, 1.807) is 7.05 Å². The van der Waals surface area contributed by atoms with Gasteiger partial charge in [0.05, 0.1) is 30.1 Å². The van der Waals surface area contributed by atoms with Gasteiger partial charge in [-0.2, -0.15) is 0 Å². The van der Waals surface area contributed by atoms with Crippen LogP contribution >= 0.6 is 0 Å². The number of carbonyl (C=O) groups is 3. The van der Waals surface area contributed by atoms with Crippen LogP contribution in [0.1, 0.15) is 66.2 Å². The van der Waals surface area contributed by atoms with Gasteiger partial charge in [-0.25, -0.2) is 0 Å². The second kappa shape index (κ2) is 8.46. The predicted molar refractivity (Wildman–Crippen MR) is 111 cm³/mol. The van der Waals surface area contributed by atoms with E-state index < -0.39 is 35.1 Å². The first kappa shape index (κ1) is 23.0. The first-order valence-corrected chi connectivity index (χ1v) is 11.4. The van der Waals surface area contributed by atoms with Gasteiger partial charge >= 0.3 is 0 Å². The van der Waals surface area contributed by atoms with Crippen LogP contribution in [-0.4, -0.2) is 70.7 Å². The second-order valence-electron chi connectivity index (χ2n) is 9.14. The summed E-state index contributed by atoms with van der Waals surface area (Å²) in [6.45, 7) is 7.63. The number of hydrogen-bond acceptors (Lipinski definition) is 5. The van der Waals surface area contributed by atoms with Crippen molar-refractivity contribution in [1.82, 2.24) is 15.5 Å². The van der Waals surface area contributed by atoms with Crippen molar-refractivity contribution in [1.29, 1.82) is 0 Å². The van der Waals surface area contributed by atoms with E-state index in [0.717, 1.165) is 12.8 Å². The lowest BCUT2D eigenvalue weighted by atomic mass is 9.65. The molecule has 3 fully saturated rings. The average Bonchev–Trinajstić information content (AvgIpc) is 3.33. The summed E-state index contributed by atoms with van der Waals surface area (Å²) in [6.07, 6.45) is 4.09. The molecule has 0 saturated carbocycles. The topological polar surface area (TPSA) is 108 Å². The lowest BCUT2D eigenvalue weighted by molar-refractivity contribution is -0.151. The molecule has 0 aromatic rings. The standard InChI is InChI=1S/C22H37N3O5/c1-6-9-13(4)24-19(28)17-22-11-10-21(8-3,30-22)15(18(27)23-5)16(22)20(29)25(17)14(7-2)12-26/h13-17,26H,6-12H2,1-5H3,(H,23,27)(H,24,28)/t13?,14-,15+,16-,17?,21-,22?/m0/s1. The molecule has 0 aromatic heterocycles. The molecule has 2 bridgehead atoms. The molecule has 3 aliphatic heterocycles. The highest BCUT2D eigenvalue weighted by atomic mass is 16.5. The number of aliphatic hydroxyl groups is 1. The SMILES string of the molecule is CCCC(C)NC(=O)C1N([C@@H](CC)CO)C(=O)[C@@H]2[C@H](C(=O)NC)[C@]3(CC)CCC12O3. The molecule has 3 rings (SSSR count). The summed E-state index contributed by atoms with van der Waals surface area (Å²) in [5.41, 5.74) is -1.75. The number of ether oxygens (including phenoxy) is 1. The van der Waals surface area contributed by atoms with Gasteiger partial charge in [-0.3, -0.25) is 14.4 Å². The van der Waals surface area contributed by atoms with Crippen LogP contribution in [0.4, 0.5) is 0 Å². The predicted octanol–water partition coefficient (Wildman–Crippen LogP) is 0.963. The molecule has 3 aliphatic rings. The Morgan fingerprint density at radius 3 is 2.50 bits per heavy atom. The molecular weight excluding hydrogens is 386 g/mol. The molecule has 8 nitrogen and oxygen atoms in total. The van der Waals surface area contributed by atoms with Crippen LogP contribution < -0.4 is 10.6 Å². The average molecular weight is 424 g/mol. The van der Waals surface area contributed by atoms with Crippen LogP contribution in [-0.2, 0) is 19.1 Å². The van der Waals surface area contributed by atoms with Crippen molar-refractivity contribution in [2.45, 2.75) is 95.5 Å². The van der Waals surface area contributed by atoms with E-state index >= 15 is 0 Å². The quantitative estimate of drug-likeness (QED) is 0.512. The summed E-state index contributed by atoms with van der Waals surface area (Å²) in [5.74, 6) is -2.04. The molecule has 0 radical (unpaired) electrons. The van der Waals surface area contributed by atoms with Crippen LogP contribution in [0, 0.1) is 11.8 Å². The maximum absolute atomic E-state index is 13.7. The molecule has 8 heteroatoms. The maximum atomic E-state index is 13.7. The summed E-state index contributed by atoms with van der Waals surface area (Å²) < 4.78 is 6.61. The molecular formula is C22H37N3O5. The summed E-state index contributed by atoms with van der Waals surface area (Å²) in [5, 5.41) is 15.7. The fourth-order valence-electron chi connectivity index (χ4n) is 6.14. The molecule has 3 heterocycles. The summed E-state index contributed by atoms with van der Waals surface area (Å²) in [4.78, 5) is 41.7. The summed E-state index contributed by atoms with van der Waals surface area (Å²) in [7, 11) is 1.57. The number of amides is 3. The van der Waals surface area contributed by atoms with Crippen LogP contribution in [0.25, 0.3) is 0 Å². The monoisotopic (exact) mass is 423 g/mol. The van der Waals surface area contributed by atoms with E-state index in [1.165, 1.54) is 4.90 Å². The molecule has 1 spiro atoms. The Labute approximate surface area is 179 Å². The zero-order valence-electron chi connectivity index (χ0n) is 18.9. The van der Waals surface area contributed by atoms with Crippen molar-refractivity contribution < 1.29 is 24.2 Å². The number of rotatable bonds is 9. The van der Waals surface area contributed by atoms with Crippen molar-refractivity contribution in [3.05, 3.63) is 0 Å². The van der Waals surface area contributed by atoms with Gasteiger partial charge in [0.25, 0.3) is 0 Å². The van der Waals surface area contributed by atoms with Crippen molar-refractivity contribution in [2.75, 3.05) is 13.7 Å². The molecule has 7 atom stereocenters. The van der Waals surface area contributed by atoms with Gasteiger partial charge in [0.2, 0.25) is 17.7 Å². The minimum absolute atomic E-state index is 0.0300. The number of nitrogens with one attached hydrogen (secondary N) is 2. The van der Waals surface area contributed by atoms with E-state index in [0.29, 0.717) is 25.7 Å². The Morgan fingerprint density at radius 2 is 1.97 bits per heavy atom. The third-order valence-electron chi connectivity index (χ3n) is 7.58. The molecule has 0 aliphatic carbocycles. The maximum Gasteiger partial charge on any atom is 0.246 e. The smallest absolute Gasteiger partial charge is 0.246 e. The molecule has 3 unspecified atom stereocenters. The van der Waals surface area contributed by atoms with Crippen molar-refractivity contribution in [3.63, 3.8) is 0 Å². The normalized spacial score (nSPS) is 36.5. The van der Waals surface area contributed by atoms with Gasteiger partial charge in [0.15, 0.2) is 0 Å². The number of aliphatic hydroxyl groups excluding tert-OH is 1. The highest BCUT2D eigenvalue weighted by molar-refractivity contribution is 5.99. The highest BCUT2D eigenvalue weighted by Crippen LogP contribution is 2.64. The van der Waals surface area contributed by atoms with Crippen molar-refractivity contribution in [2.24, 2.45) is 11.8 Å². The number of nitrogens with zero attached hydrogens (tertiary/aromatic N) is 1. The largest absolute Gasteiger partial charge is 0.394 e. The van der Waals surface area contributed by atoms with E-state index in [4.69, 9.17) is 4.74 Å². The zero-order valence-corrected chi connectivity index (χ0v) is 18.9. The molecule has 170 valence electrons. The summed E-state index contributed by atoms with van der Waals surface area (Å²) in [6, 6.07) is -1.35.